The van der Waals surface area contributed by atoms with Crippen molar-refractivity contribution in [3.63, 3.8) is 0 Å². The number of carbonyl (C=O) groups is 1. The van der Waals surface area contributed by atoms with Gasteiger partial charge in [-0.15, -0.1) is 0 Å². The van der Waals surface area contributed by atoms with Gasteiger partial charge in [0.15, 0.2) is 0 Å². The molecule has 6 bridgehead atoms. The van der Waals surface area contributed by atoms with Crippen LogP contribution in [0.4, 0.5) is 0 Å². The average molecular weight is 379 g/mol. The Morgan fingerprint density at radius 1 is 1.04 bits per heavy atom. The molecule has 1 amide bonds. The van der Waals surface area contributed by atoms with E-state index < -0.39 is 0 Å². The van der Waals surface area contributed by atoms with E-state index in [1.165, 1.54) is 50.8 Å². The molecule has 0 spiro atoms. The molecule has 1 N–H and O–H groups in total. The van der Waals surface area contributed by atoms with Gasteiger partial charge in [-0.05, 0) is 92.7 Å². The molecular weight excluding hydrogens is 344 g/mol. The second kappa shape index (κ2) is 5.84. The normalized spacial score (nSPS) is 48.6. The van der Waals surface area contributed by atoms with Gasteiger partial charge in [-0.2, -0.15) is 0 Å². The van der Waals surface area contributed by atoms with Gasteiger partial charge in [0.2, 0.25) is 5.91 Å². The molecule has 3 nitrogen and oxygen atoms in total. The summed E-state index contributed by atoms with van der Waals surface area (Å²) < 4.78 is 0. The van der Waals surface area contributed by atoms with Gasteiger partial charge in [0.25, 0.3) is 0 Å². The molecule has 4 saturated carbocycles. The van der Waals surface area contributed by atoms with E-state index in [2.05, 4.69) is 47.5 Å². The lowest BCUT2D eigenvalue weighted by Crippen LogP contribution is -2.65. The summed E-state index contributed by atoms with van der Waals surface area (Å²) in [7, 11) is 0. The Labute approximate surface area is 169 Å². The van der Waals surface area contributed by atoms with Gasteiger partial charge in [0.1, 0.15) is 0 Å². The number of fused-ring (bicyclic) bond motifs is 3. The summed E-state index contributed by atoms with van der Waals surface area (Å²) in [6.45, 7) is 6.03. The monoisotopic (exact) mass is 378 g/mol. The maximum atomic E-state index is 13.8. The first kappa shape index (κ1) is 17.5. The number of nitrogens with one attached hydrogen (secondary N) is 1. The maximum absolute atomic E-state index is 13.8. The number of rotatable bonds is 3. The summed E-state index contributed by atoms with van der Waals surface area (Å²) >= 11 is 0. The van der Waals surface area contributed by atoms with Crippen LogP contribution in [0.3, 0.4) is 0 Å². The van der Waals surface area contributed by atoms with E-state index in [0.717, 1.165) is 31.7 Å². The molecule has 28 heavy (non-hydrogen) atoms. The zero-order valence-electron chi connectivity index (χ0n) is 17.3. The number of hydrogen-bond donors (Lipinski definition) is 1. The predicted octanol–water partition coefficient (Wildman–Crippen LogP) is 4.13. The molecule has 2 unspecified atom stereocenters. The topological polar surface area (TPSA) is 32.3 Å². The molecule has 150 valence electrons. The average Bonchev–Trinajstić information content (AvgIpc) is 2.68. The minimum atomic E-state index is -0.129. The van der Waals surface area contributed by atoms with Crippen molar-refractivity contribution >= 4 is 5.91 Å². The van der Waals surface area contributed by atoms with Crippen LogP contribution in [-0.2, 0) is 10.2 Å². The molecule has 3 heterocycles. The van der Waals surface area contributed by atoms with Crippen molar-refractivity contribution in [2.75, 3.05) is 19.6 Å². The summed E-state index contributed by atoms with van der Waals surface area (Å²) in [6.07, 6.45) is 9.75. The highest BCUT2D eigenvalue weighted by molar-refractivity contribution is 5.84. The fourth-order valence-corrected chi connectivity index (χ4v) is 8.74. The van der Waals surface area contributed by atoms with Crippen molar-refractivity contribution < 1.29 is 4.79 Å². The van der Waals surface area contributed by atoms with E-state index in [9.17, 15) is 4.79 Å². The van der Waals surface area contributed by atoms with E-state index in [1.54, 1.807) is 0 Å². The smallest absolute Gasteiger partial charge is 0.226 e. The van der Waals surface area contributed by atoms with Crippen molar-refractivity contribution in [2.24, 2.45) is 22.7 Å². The molecule has 7 aliphatic rings. The molecular formula is C25H34N2O. The van der Waals surface area contributed by atoms with Gasteiger partial charge < -0.3 is 10.2 Å². The van der Waals surface area contributed by atoms with Crippen LogP contribution >= 0.6 is 0 Å². The van der Waals surface area contributed by atoms with Crippen molar-refractivity contribution in [3.8, 4) is 0 Å². The fourth-order valence-electron chi connectivity index (χ4n) is 8.74. The summed E-state index contributed by atoms with van der Waals surface area (Å²) in [5.74, 6) is 1.84. The second-order valence-corrected chi connectivity index (χ2v) is 11.5. The molecule has 0 radical (unpaired) electrons. The number of carbonyl (C=O) groups excluding carboxylic acids is 1. The molecule has 3 heteroatoms. The predicted molar refractivity (Wildman–Crippen MR) is 111 cm³/mol. The maximum Gasteiger partial charge on any atom is 0.226 e. The van der Waals surface area contributed by atoms with Crippen molar-refractivity contribution in [1.82, 2.24) is 10.2 Å². The summed E-state index contributed by atoms with van der Waals surface area (Å²) in [5.41, 5.74) is 1.92. The van der Waals surface area contributed by atoms with Crippen LogP contribution in [0.25, 0.3) is 0 Å². The number of nitrogens with zero attached hydrogens (tertiary/aromatic N) is 1. The molecule has 5 atom stereocenters. The van der Waals surface area contributed by atoms with E-state index in [-0.39, 0.29) is 10.8 Å². The van der Waals surface area contributed by atoms with Crippen molar-refractivity contribution in [2.45, 2.75) is 69.7 Å². The van der Waals surface area contributed by atoms with E-state index >= 15 is 0 Å². The van der Waals surface area contributed by atoms with Crippen LogP contribution in [0.2, 0.25) is 0 Å². The molecule has 0 aromatic heterocycles. The Balaban J connectivity index is 1.31. The van der Waals surface area contributed by atoms with Crippen LogP contribution in [0.5, 0.6) is 0 Å². The van der Waals surface area contributed by atoms with Crippen LogP contribution in [-0.4, -0.2) is 36.5 Å². The lowest BCUT2D eigenvalue weighted by atomic mass is 9.38. The SMILES string of the molecule is C[C@@]12CC3CC(C(=O)N[C@@H]4CN5CCC4CC5)(C1)C[C@](c1ccccc1)(C3)C2. The molecule has 7 fully saturated rings. The molecule has 3 aliphatic heterocycles. The highest BCUT2D eigenvalue weighted by Crippen LogP contribution is 2.70. The van der Waals surface area contributed by atoms with Crippen LogP contribution in [0.15, 0.2) is 30.3 Å². The minimum Gasteiger partial charge on any atom is -0.351 e. The molecule has 4 aliphatic carbocycles. The fraction of sp³-hybridized carbons (Fsp3) is 0.720. The van der Waals surface area contributed by atoms with Crippen LogP contribution in [0.1, 0.15) is 63.9 Å². The van der Waals surface area contributed by atoms with Crippen molar-refractivity contribution in [3.05, 3.63) is 35.9 Å². The number of hydrogen-bond acceptors (Lipinski definition) is 2. The first-order valence-corrected chi connectivity index (χ1v) is 11.6. The van der Waals surface area contributed by atoms with Gasteiger partial charge in [0.05, 0.1) is 5.41 Å². The second-order valence-electron chi connectivity index (χ2n) is 11.5. The third-order valence-corrected chi connectivity index (χ3v) is 9.19. The van der Waals surface area contributed by atoms with E-state index in [1.807, 2.05) is 0 Å². The Morgan fingerprint density at radius 3 is 2.50 bits per heavy atom. The Hall–Kier alpha value is -1.35. The molecule has 1 aromatic carbocycles. The van der Waals surface area contributed by atoms with Crippen LogP contribution < -0.4 is 5.32 Å². The molecule has 3 saturated heterocycles. The zero-order valence-corrected chi connectivity index (χ0v) is 17.3. The summed E-state index contributed by atoms with van der Waals surface area (Å²) in [5, 5.41) is 3.61. The number of piperidine rings is 3. The first-order valence-electron chi connectivity index (χ1n) is 11.6. The minimum absolute atomic E-state index is 0.129. The standard InChI is InChI=1S/C25H34N2O/c1-23-11-18-12-24(15-23,20-5-3-2-4-6-20)17-25(13-18,16-23)22(28)26-21-14-27-9-7-19(21)8-10-27/h2-6,18-19,21H,7-17H2,1H3,(H,26,28)/t18?,21-,23+,24+,25?/m1/s1. The van der Waals surface area contributed by atoms with Crippen LogP contribution in [0, 0.1) is 22.7 Å². The number of benzene rings is 1. The summed E-state index contributed by atoms with van der Waals surface area (Å²) in [6, 6.07) is 11.6. The first-order chi connectivity index (χ1) is 13.5. The lowest BCUT2D eigenvalue weighted by molar-refractivity contribution is -0.161. The molecule has 1 aromatic rings. The third kappa shape index (κ3) is 2.54. The van der Waals surface area contributed by atoms with Gasteiger partial charge >= 0.3 is 0 Å². The van der Waals surface area contributed by atoms with Crippen molar-refractivity contribution in [1.29, 1.82) is 0 Å². The number of amides is 1. The lowest BCUT2D eigenvalue weighted by Gasteiger charge is -2.65. The van der Waals surface area contributed by atoms with Gasteiger partial charge in [-0.1, -0.05) is 37.3 Å². The Kier molecular flexibility index (Phi) is 3.65. The largest absolute Gasteiger partial charge is 0.351 e. The van der Waals surface area contributed by atoms with Gasteiger partial charge in [-0.25, -0.2) is 0 Å². The summed E-state index contributed by atoms with van der Waals surface area (Å²) in [4.78, 5) is 16.4. The van der Waals surface area contributed by atoms with Gasteiger partial charge in [-0.3, -0.25) is 4.79 Å². The highest BCUT2D eigenvalue weighted by Gasteiger charge is 2.64. The zero-order chi connectivity index (χ0) is 19.0. The van der Waals surface area contributed by atoms with Gasteiger partial charge in [0, 0.05) is 12.6 Å². The van der Waals surface area contributed by atoms with E-state index in [4.69, 9.17) is 0 Å². The quantitative estimate of drug-likeness (QED) is 0.858. The molecule has 8 rings (SSSR count). The third-order valence-electron chi connectivity index (χ3n) is 9.19. The van der Waals surface area contributed by atoms with E-state index in [0.29, 0.717) is 23.3 Å². The Morgan fingerprint density at radius 2 is 1.82 bits per heavy atom. The Bertz CT molecular complexity index is 785. The highest BCUT2D eigenvalue weighted by atomic mass is 16.2.